The lowest BCUT2D eigenvalue weighted by Gasteiger charge is -2.10. The van der Waals surface area contributed by atoms with Crippen molar-refractivity contribution in [2.45, 2.75) is 6.18 Å². The van der Waals surface area contributed by atoms with E-state index in [1.165, 1.54) is 0 Å². The van der Waals surface area contributed by atoms with E-state index in [2.05, 4.69) is 0 Å². The second-order valence-corrected chi connectivity index (χ2v) is 3.55. The number of halogens is 4. The fourth-order valence-corrected chi connectivity index (χ4v) is 1.41. The van der Waals surface area contributed by atoms with E-state index in [-0.39, 0.29) is 5.75 Å². The van der Waals surface area contributed by atoms with Gasteiger partial charge in [0.15, 0.2) is 0 Å². The van der Waals surface area contributed by atoms with Crippen LogP contribution in [0.1, 0.15) is 5.56 Å². The minimum absolute atomic E-state index is 0.0201. The number of ether oxygens (including phenoxy) is 1. The molecule has 0 aromatic heterocycles. The first kappa shape index (κ1) is 12.4. The van der Waals surface area contributed by atoms with E-state index >= 15 is 0 Å². The molecule has 0 spiro atoms. The van der Waals surface area contributed by atoms with Gasteiger partial charge in [-0.05, 0) is 24.3 Å². The topological polar surface area (TPSA) is 9.23 Å². The van der Waals surface area contributed by atoms with Gasteiger partial charge in [0.1, 0.15) is 17.3 Å². The van der Waals surface area contributed by atoms with Crippen LogP contribution in [-0.2, 0) is 6.18 Å². The summed E-state index contributed by atoms with van der Waals surface area (Å²) in [6.45, 7) is 0. The smallest absolute Gasteiger partial charge is 0.419 e. The van der Waals surface area contributed by atoms with Crippen LogP contribution in [0.25, 0.3) is 0 Å². The zero-order chi connectivity index (χ0) is 13.2. The van der Waals surface area contributed by atoms with Crippen LogP contribution in [0.3, 0.4) is 0 Å². The molecule has 0 fully saturated rings. The highest BCUT2D eigenvalue weighted by Crippen LogP contribution is 2.33. The third-order valence-electron chi connectivity index (χ3n) is 2.22. The highest BCUT2D eigenvalue weighted by atomic mass is 19.4. The van der Waals surface area contributed by atoms with Crippen molar-refractivity contribution in [3.63, 3.8) is 0 Å². The first-order valence-electron chi connectivity index (χ1n) is 5.06. The monoisotopic (exact) mass is 256 g/mol. The van der Waals surface area contributed by atoms with Gasteiger partial charge in [0.05, 0.1) is 5.56 Å². The molecule has 0 atom stereocenters. The van der Waals surface area contributed by atoms with Gasteiger partial charge < -0.3 is 4.74 Å². The molecule has 0 unspecified atom stereocenters. The van der Waals surface area contributed by atoms with Crippen LogP contribution in [0.5, 0.6) is 11.5 Å². The number of para-hydroxylation sites is 1. The van der Waals surface area contributed by atoms with Gasteiger partial charge in [-0.3, -0.25) is 0 Å². The maximum atomic E-state index is 13.2. The minimum Gasteiger partial charge on any atom is -0.457 e. The molecule has 0 radical (unpaired) electrons. The van der Waals surface area contributed by atoms with Crippen molar-refractivity contribution in [2.75, 3.05) is 0 Å². The van der Waals surface area contributed by atoms with E-state index < -0.39 is 17.6 Å². The highest BCUT2D eigenvalue weighted by Gasteiger charge is 2.34. The average Bonchev–Trinajstić information content (AvgIpc) is 2.28. The summed E-state index contributed by atoms with van der Waals surface area (Å²) in [7, 11) is 0. The fourth-order valence-electron chi connectivity index (χ4n) is 1.41. The summed E-state index contributed by atoms with van der Waals surface area (Å²) in [6.07, 6.45) is -4.70. The SMILES string of the molecule is Fc1cc(Oc2ccccc2)ccc1C(F)(F)F. The Bertz CT molecular complexity index is 534. The Hall–Kier alpha value is -2.04. The van der Waals surface area contributed by atoms with Gasteiger partial charge in [-0.1, -0.05) is 18.2 Å². The van der Waals surface area contributed by atoms with Gasteiger partial charge >= 0.3 is 6.18 Å². The Morgan fingerprint density at radius 2 is 1.50 bits per heavy atom. The first-order chi connectivity index (χ1) is 8.47. The van der Waals surface area contributed by atoms with Crippen LogP contribution in [-0.4, -0.2) is 0 Å². The predicted molar refractivity (Wildman–Crippen MR) is 57.9 cm³/mol. The van der Waals surface area contributed by atoms with Crippen LogP contribution in [0, 0.1) is 5.82 Å². The molecule has 0 saturated heterocycles. The van der Waals surface area contributed by atoms with E-state index in [9.17, 15) is 17.6 Å². The van der Waals surface area contributed by atoms with Gasteiger partial charge in [-0.15, -0.1) is 0 Å². The van der Waals surface area contributed by atoms with Crippen molar-refractivity contribution in [3.05, 3.63) is 59.9 Å². The molecule has 0 aliphatic heterocycles. The number of alkyl halides is 3. The van der Waals surface area contributed by atoms with Crippen molar-refractivity contribution < 1.29 is 22.3 Å². The second kappa shape index (κ2) is 4.68. The lowest BCUT2D eigenvalue weighted by Crippen LogP contribution is -2.07. The fraction of sp³-hybridized carbons (Fsp3) is 0.0769. The number of benzene rings is 2. The number of rotatable bonds is 2. The molecular formula is C13H8F4O. The molecule has 0 amide bonds. The van der Waals surface area contributed by atoms with Crippen LogP contribution in [0.15, 0.2) is 48.5 Å². The average molecular weight is 256 g/mol. The summed E-state index contributed by atoms with van der Waals surface area (Å²) in [5, 5.41) is 0. The summed E-state index contributed by atoms with van der Waals surface area (Å²) in [5.74, 6) is -0.903. The van der Waals surface area contributed by atoms with Crippen LogP contribution in [0.4, 0.5) is 17.6 Å². The van der Waals surface area contributed by atoms with E-state index in [4.69, 9.17) is 4.74 Å². The number of hydrogen-bond donors (Lipinski definition) is 0. The zero-order valence-electron chi connectivity index (χ0n) is 9.04. The van der Waals surface area contributed by atoms with Crippen molar-refractivity contribution >= 4 is 0 Å². The molecule has 2 aromatic rings. The maximum Gasteiger partial charge on any atom is 0.419 e. The van der Waals surface area contributed by atoms with Gasteiger partial charge in [0, 0.05) is 6.07 Å². The van der Waals surface area contributed by atoms with Gasteiger partial charge in [0.2, 0.25) is 0 Å². The lowest BCUT2D eigenvalue weighted by atomic mass is 10.2. The molecule has 5 heteroatoms. The molecule has 2 aromatic carbocycles. The lowest BCUT2D eigenvalue weighted by molar-refractivity contribution is -0.140. The Morgan fingerprint density at radius 1 is 0.833 bits per heavy atom. The molecule has 0 heterocycles. The highest BCUT2D eigenvalue weighted by molar-refractivity contribution is 5.34. The third-order valence-corrected chi connectivity index (χ3v) is 2.22. The van der Waals surface area contributed by atoms with E-state index in [1.807, 2.05) is 0 Å². The van der Waals surface area contributed by atoms with Gasteiger partial charge in [0.25, 0.3) is 0 Å². The number of hydrogen-bond acceptors (Lipinski definition) is 1. The molecule has 0 bridgehead atoms. The summed E-state index contributed by atoms with van der Waals surface area (Å²) in [5.41, 5.74) is -1.30. The van der Waals surface area contributed by atoms with Crippen molar-refractivity contribution in [1.82, 2.24) is 0 Å². The standard InChI is InChI=1S/C13H8F4O/c14-12-8-10(6-7-11(12)13(15,16)17)18-9-4-2-1-3-5-9/h1-8H. The first-order valence-corrected chi connectivity index (χ1v) is 5.06. The second-order valence-electron chi connectivity index (χ2n) is 3.55. The molecule has 0 saturated carbocycles. The summed E-state index contributed by atoms with van der Waals surface area (Å²) in [6, 6.07) is 10.9. The Morgan fingerprint density at radius 3 is 2.06 bits per heavy atom. The normalized spacial score (nSPS) is 11.3. The van der Waals surface area contributed by atoms with E-state index in [1.54, 1.807) is 30.3 Å². The van der Waals surface area contributed by atoms with Crippen LogP contribution >= 0.6 is 0 Å². The molecule has 0 N–H and O–H groups in total. The molecule has 94 valence electrons. The minimum atomic E-state index is -4.70. The molecular weight excluding hydrogens is 248 g/mol. The summed E-state index contributed by atoms with van der Waals surface area (Å²) in [4.78, 5) is 0. The van der Waals surface area contributed by atoms with Crippen LogP contribution < -0.4 is 4.74 Å². The van der Waals surface area contributed by atoms with E-state index in [0.29, 0.717) is 11.8 Å². The van der Waals surface area contributed by atoms with E-state index in [0.717, 1.165) is 12.1 Å². The largest absolute Gasteiger partial charge is 0.457 e. The van der Waals surface area contributed by atoms with Gasteiger partial charge in [-0.25, -0.2) is 4.39 Å². The molecule has 2 rings (SSSR count). The van der Waals surface area contributed by atoms with Crippen molar-refractivity contribution in [3.8, 4) is 11.5 Å². The van der Waals surface area contributed by atoms with Gasteiger partial charge in [-0.2, -0.15) is 13.2 Å². The Kier molecular flexibility index (Phi) is 3.23. The Labute approximate surface area is 101 Å². The van der Waals surface area contributed by atoms with Crippen molar-refractivity contribution in [1.29, 1.82) is 0 Å². The molecule has 0 aliphatic carbocycles. The summed E-state index contributed by atoms with van der Waals surface area (Å²) < 4.78 is 55.4. The molecule has 0 aliphatic rings. The molecule has 1 nitrogen and oxygen atoms in total. The molecule has 18 heavy (non-hydrogen) atoms. The predicted octanol–water partition coefficient (Wildman–Crippen LogP) is 4.64. The van der Waals surface area contributed by atoms with Crippen LogP contribution in [0.2, 0.25) is 0 Å². The quantitative estimate of drug-likeness (QED) is 0.711. The third kappa shape index (κ3) is 2.80. The summed E-state index contributed by atoms with van der Waals surface area (Å²) >= 11 is 0. The van der Waals surface area contributed by atoms with Crippen molar-refractivity contribution in [2.24, 2.45) is 0 Å². The zero-order valence-corrected chi connectivity index (χ0v) is 9.04. The maximum absolute atomic E-state index is 13.2. The Balaban J connectivity index is 2.25.